The van der Waals surface area contributed by atoms with Gasteiger partial charge < -0.3 is 20.4 Å². The number of carbonyl (C=O) groups excluding carboxylic acids is 1. The van der Waals surface area contributed by atoms with E-state index in [0.717, 1.165) is 62.8 Å². The van der Waals surface area contributed by atoms with Crippen LogP contribution in [0.4, 0.5) is 0 Å². The van der Waals surface area contributed by atoms with Gasteiger partial charge in [0.25, 0.3) is 5.91 Å². The van der Waals surface area contributed by atoms with Crippen LogP contribution >= 0.6 is 0 Å². The maximum absolute atomic E-state index is 12.2. The van der Waals surface area contributed by atoms with Crippen LogP contribution in [0.1, 0.15) is 82.6 Å². The Bertz CT molecular complexity index is 1170. The molecule has 1 aromatic rings. The maximum atomic E-state index is 12.2. The van der Waals surface area contributed by atoms with Crippen molar-refractivity contribution < 1.29 is 19.8 Å². The topological polar surface area (TPSA) is 104 Å². The number of hydrogen-bond donors (Lipinski definition) is 3. The highest BCUT2D eigenvalue weighted by Crippen LogP contribution is 2.67. The summed E-state index contributed by atoms with van der Waals surface area (Å²) in [4.78, 5) is 21.8. The Labute approximate surface area is 226 Å². The summed E-state index contributed by atoms with van der Waals surface area (Å²) in [6.07, 6.45) is 16.6. The van der Waals surface area contributed by atoms with Gasteiger partial charge in [0.1, 0.15) is 5.60 Å². The number of terminal acetylenes is 1. The van der Waals surface area contributed by atoms with Crippen molar-refractivity contribution in [1.82, 2.24) is 10.3 Å². The van der Waals surface area contributed by atoms with Crippen LogP contribution in [0.3, 0.4) is 0 Å². The zero-order valence-corrected chi connectivity index (χ0v) is 22.9. The summed E-state index contributed by atoms with van der Waals surface area (Å²) >= 11 is 0. The lowest BCUT2D eigenvalue weighted by Crippen LogP contribution is -2.54. The number of oxime groups is 1. The Morgan fingerprint density at radius 3 is 2.76 bits per heavy atom. The van der Waals surface area contributed by atoms with Crippen molar-refractivity contribution in [2.24, 2.45) is 33.7 Å². The number of hydrogen-bond acceptors (Lipinski definition) is 6. The standard InChI is InChI=1S/C31H41N3O4/c1-5-31(37)15-12-26-24-9-8-22-16-23(10-13-29(22,3)25(24)11-14-30(26,31)4)34-38-19-28(36)33-18-27(35)21-7-6-20(2)32-17-21/h1,6-7,16-17,24-27,35,37H,8-15,18-19H2,2-4H3,(H,33,36)/t24-,25+,26-,27+,29-,30-,31-/m1/s1. The van der Waals surface area contributed by atoms with Gasteiger partial charge in [-0.3, -0.25) is 9.78 Å². The summed E-state index contributed by atoms with van der Waals surface area (Å²) in [5.41, 5.74) is 2.86. The Balaban J connectivity index is 1.16. The molecule has 0 spiro atoms. The van der Waals surface area contributed by atoms with Gasteiger partial charge in [-0.25, -0.2) is 0 Å². The average molecular weight is 520 g/mol. The SMILES string of the molecule is C#C[C@@]1(O)CC[C@@H]2[C@@H]3CCC4=CC(=NOCC(=O)NC[C@H](O)c5ccc(C)nc5)CC[C@@]4(C)[C@H]3CC[C@]21C. The molecule has 1 heterocycles. The largest absolute Gasteiger partial charge is 0.387 e. The first kappa shape index (κ1) is 26.9. The van der Waals surface area contributed by atoms with Crippen LogP contribution in [-0.4, -0.2) is 45.6 Å². The molecule has 1 amide bonds. The number of allylic oxidation sites excluding steroid dienone is 2. The normalized spacial score (nSPS) is 37.7. The van der Waals surface area contributed by atoms with Gasteiger partial charge in [-0.1, -0.05) is 36.6 Å². The minimum absolute atomic E-state index is 0.0905. The van der Waals surface area contributed by atoms with Crippen LogP contribution in [0.2, 0.25) is 0 Å². The summed E-state index contributed by atoms with van der Waals surface area (Å²) in [7, 11) is 0. The van der Waals surface area contributed by atoms with Gasteiger partial charge in [-0.05, 0) is 93.6 Å². The number of aryl methyl sites for hydroxylation is 1. The quantitative estimate of drug-likeness (QED) is 0.385. The van der Waals surface area contributed by atoms with E-state index < -0.39 is 11.7 Å². The minimum atomic E-state index is -0.967. The maximum Gasteiger partial charge on any atom is 0.260 e. The van der Waals surface area contributed by atoms with Crippen LogP contribution in [0.15, 0.2) is 35.1 Å². The molecule has 38 heavy (non-hydrogen) atoms. The van der Waals surface area contributed by atoms with E-state index in [-0.39, 0.29) is 29.9 Å². The highest BCUT2D eigenvalue weighted by molar-refractivity contribution is 5.96. The molecule has 4 aliphatic rings. The molecule has 0 aliphatic heterocycles. The Morgan fingerprint density at radius 2 is 2.03 bits per heavy atom. The lowest BCUT2D eigenvalue weighted by molar-refractivity contribution is -0.126. The summed E-state index contributed by atoms with van der Waals surface area (Å²) in [6.45, 7) is 6.43. The van der Waals surface area contributed by atoms with Crippen LogP contribution in [0, 0.1) is 47.9 Å². The summed E-state index contributed by atoms with van der Waals surface area (Å²) in [5, 5.41) is 28.4. The number of amides is 1. The van der Waals surface area contributed by atoms with E-state index in [1.54, 1.807) is 12.3 Å². The van der Waals surface area contributed by atoms with Gasteiger partial charge in [0, 0.05) is 29.4 Å². The molecular weight excluding hydrogens is 478 g/mol. The number of aliphatic hydroxyl groups is 2. The van der Waals surface area contributed by atoms with E-state index in [9.17, 15) is 15.0 Å². The monoisotopic (exact) mass is 519 g/mol. The number of aliphatic hydroxyl groups excluding tert-OH is 1. The van der Waals surface area contributed by atoms with Crippen LogP contribution in [-0.2, 0) is 9.63 Å². The molecule has 3 fully saturated rings. The minimum Gasteiger partial charge on any atom is -0.387 e. The van der Waals surface area contributed by atoms with Gasteiger partial charge in [0.15, 0.2) is 6.61 Å². The summed E-state index contributed by atoms with van der Waals surface area (Å²) < 4.78 is 0. The average Bonchev–Trinajstić information content (AvgIpc) is 3.18. The number of fused-ring (bicyclic) bond motifs is 5. The third kappa shape index (κ3) is 4.56. The van der Waals surface area contributed by atoms with Crippen molar-refractivity contribution in [3.8, 4) is 12.3 Å². The predicted molar refractivity (Wildman–Crippen MR) is 146 cm³/mol. The molecule has 3 N–H and O–H groups in total. The van der Waals surface area contributed by atoms with Crippen LogP contribution < -0.4 is 5.32 Å². The van der Waals surface area contributed by atoms with Gasteiger partial charge in [-0.2, -0.15) is 0 Å². The number of aromatic nitrogens is 1. The molecule has 7 nitrogen and oxygen atoms in total. The van der Waals surface area contributed by atoms with Gasteiger partial charge in [-0.15, -0.1) is 6.42 Å². The van der Waals surface area contributed by atoms with Gasteiger partial charge in [0.05, 0.1) is 11.8 Å². The summed E-state index contributed by atoms with van der Waals surface area (Å²) in [5.74, 6) is 4.13. The smallest absolute Gasteiger partial charge is 0.260 e. The first-order valence-corrected chi connectivity index (χ1v) is 14.1. The van der Waals surface area contributed by atoms with Gasteiger partial charge >= 0.3 is 0 Å². The zero-order chi connectivity index (χ0) is 27.1. The predicted octanol–water partition coefficient (Wildman–Crippen LogP) is 4.24. The second-order valence-corrected chi connectivity index (χ2v) is 12.4. The van der Waals surface area contributed by atoms with E-state index in [4.69, 9.17) is 11.3 Å². The van der Waals surface area contributed by atoms with Gasteiger partial charge in [0.2, 0.25) is 0 Å². The van der Waals surface area contributed by atoms with Crippen molar-refractivity contribution in [2.45, 2.75) is 83.8 Å². The number of carbonyl (C=O) groups is 1. The molecule has 0 radical (unpaired) electrons. The molecule has 7 atom stereocenters. The molecule has 3 saturated carbocycles. The molecule has 0 bridgehead atoms. The van der Waals surface area contributed by atoms with E-state index in [1.165, 1.54) is 5.57 Å². The molecule has 0 saturated heterocycles. The van der Waals surface area contributed by atoms with E-state index in [0.29, 0.717) is 23.3 Å². The Morgan fingerprint density at radius 1 is 1.24 bits per heavy atom. The van der Waals surface area contributed by atoms with Crippen molar-refractivity contribution in [2.75, 3.05) is 13.2 Å². The second-order valence-electron chi connectivity index (χ2n) is 12.4. The van der Waals surface area contributed by atoms with Crippen LogP contribution in [0.25, 0.3) is 0 Å². The van der Waals surface area contributed by atoms with E-state index >= 15 is 0 Å². The molecule has 4 aliphatic carbocycles. The first-order valence-electron chi connectivity index (χ1n) is 14.1. The molecule has 7 heteroatoms. The first-order chi connectivity index (χ1) is 18.1. The van der Waals surface area contributed by atoms with Crippen molar-refractivity contribution in [1.29, 1.82) is 0 Å². The lowest BCUT2D eigenvalue weighted by Gasteiger charge is -2.58. The molecule has 204 valence electrons. The van der Waals surface area contributed by atoms with E-state index in [1.807, 2.05) is 13.0 Å². The van der Waals surface area contributed by atoms with Crippen molar-refractivity contribution >= 4 is 11.6 Å². The third-order valence-corrected chi connectivity index (χ3v) is 10.6. The molecule has 0 unspecified atom stereocenters. The zero-order valence-electron chi connectivity index (χ0n) is 22.9. The summed E-state index contributed by atoms with van der Waals surface area (Å²) in [6, 6.07) is 3.63. The molecule has 0 aromatic carbocycles. The number of pyridine rings is 1. The molecule has 1 aromatic heterocycles. The highest BCUT2D eigenvalue weighted by atomic mass is 16.6. The fourth-order valence-corrected chi connectivity index (χ4v) is 8.13. The third-order valence-electron chi connectivity index (χ3n) is 10.6. The van der Waals surface area contributed by atoms with Crippen LogP contribution in [0.5, 0.6) is 0 Å². The Kier molecular flexibility index (Phi) is 7.17. The van der Waals surface area contributed by atoms with Crippen molar-refractivity contribution in [3.63, 3.8) is 0 Å². The Hall–Kier alpha value is -2.69. The molecular formula is C31H41N3O4. The fraction of sp³-hybridized carbons (Fsp3) is 0.645. The van der Waals surface area contributed by atoms with Crippen molar-refractivity contribution in [3.05, 3.63) is 41.2 Å². The number of nitrogens with one attached hydrogen (secondary N) is 1. The number of nitrogens with zero attached hydrogens (tertiary/aromatic N) is 2. The lowest BCUT2D eigenvalue weighted by atomic mass is 9.46. The number of rotatable bonds is 6. The molecule has 5 rings (SSSR count). The van der Waals surface area contributed by atoms with E-state index in [2.05, 4.69) is 41.3 Å². The highest BCUT2D eigenvalue weighted by Gasteiger charge is 2.63. The second kappa shape index (κ2) is 10.1. The fourth-order valence-electron chi connectivity index (χ4n) is 8.13.